The molecule has 0 saturated carbocycles. The Balaban J connectivity index is 1.71. The number of carboxylic acid groups (broad SMARTS) is 1. The molecule has 1 N–H and O–H groups in total. The molecule has 1 aromatic heterocycles. The molecule has 7 heteroatoms. The Morgan fingerprint density at radius 2 is 2.00 bits per heavy atom. The Bertz CT molecular complexity index is 603. The number of carbonyl (C=O) groups is 2. The molecule has 126 valence electrons. The van der Waals surface area contributed by atoms with E-state index in [1.807, 2.05) is 30.3 Å². The predicted octanol–water partition coefficient (Wildman–Crippen LogP) is 0.829. The number of hydrogen-bond acceptors (Lipinski definition) is 5. The zero-order valence-electron chi connectivity index (χ0n) is 13.6. The standard InChI is InChI=1S/C16H23N3O3S/c1-11-3-6-23-14(11)15(20)19-5-4-18-8-12(16(21)22)7-17(2)9-13(18)10-19/h3,6,12-13H,4-5,7-10H2,1-2H3,(H,21,22)/t12-,13-/m1/s1. The summed E-state index contributed by atoms with van der Waals surface area (Å²) >= 11 is 1.50. The molecular weight excluding hydrogens is 314 g/mol. The first-order valence-electron chi connectivity index (χ1n) is 7.94. The van der Waals surface area contributed by atoms with E-state index in [0.29, 0.717) is 26.2 Å². The van der Waals surface area contributed by atoms with E-state index in [4.69, 9.17) is 0 Å². The number of carbonyl (C=O) groups excluding carboxylic acids is 1. The highest BCUT2D eigenvalue weighted by molar-refractivity contribution is 7.12. The van der Waals surface area contributed by atoms with E-state index in [-0.39, 0.29) is 17.9 Å². The van der Waals surface area contributed by atoms with Gasteiger partial charge in [0, 0.05) is 45.3 Å². The van der Waals surface area contributed by atoms with Crippen LogP contribution in [0, 0.1) is 12.8 Å². The fourth-order valence-electron chi connectivity index (χ4n) is 3.53. The maximum absolute atomic E-state index is 12.7. The first-order chi connectivity index (χ1) is 11.0. The van der Waals surface area contributed by atoms with Gasteiger partial charge < -0.3 is 14.9 Å². The van der Waals surface area contributed by atoms with Crippen LogP contribution in [0.25, 0.3) is 0 Å². The second-order valence-electron chi connectivity index (χ2n) is 6.59. The second-order valence-corrected chi connectivity index (χ2v) is 7.51. The molecule has 3 rings (SSSR count). The number of fused-ring (bicyclic) bond motifs is 1. The van der Waals surface area contributed by atoms with E-state index in [0.717, 1.165) is 23.5 Å². The molecule has 3 heterocycles. The van der Waals surface area contributed by atoms with Crippen LogP contribution in [0.15, 0.2) is 11.4 Å². The lowest BCUT2D eigenvalue weighted by molar-refractivity contribution is -0.142. The molecule has 2 saturated heterocycles. The molecule has 0 unspecified atom stereocenters. The molecule has 0 spiro atoms. The number of nitrogens with zero attached hydrogens (tertiary/aromatic N) is 3. The third-order valence-electron chi connectivity index (χ3n) is 4.81. The summed E-state index contributed by atoms with van der Waals surface area (Å²) in [6.07, 6.45) is 0. The zero-order valence-corrected chi connectivity index (χ0v) is 14.4. The fourth-order valence-corrected chi connectivity index (χ4v) is 4.43. The van der Waals surface area contributed by atoms with Crippen LogP contribution in [0.2, 0.25) is 0 Å². The lowest BCUT2D eigenvalue weighted by Crippen LogP contribution is -2.57. The van der Waals surface area contributed by atoms with Crippen molar-refractivity contribution in [3.63, 3.8) is 0 Å². The van der Waals surface area contributed by atoms with Gasteiger partial charge in [0.25, 0.3) is 5.91 Å². The Kier molecular flexibility index (Phi) is 4.70. The van der Waals surface area contributed by atoms with Crippen LogP contribution in [0.1, 0.15) is 15.2 Å². The number of rotatable bonds is 2. The van der Waals surface area contributed by atoms with E-state index >= 15 is 0 Å². The highest BCUT2D eigenvalue weighted by atomic mass is 32.1. The van der Waals surface area contributed by atoms with Crippen molar-refractivity contribution in [1.29, 1.82) is 0 Å². The largest absolute Gasteiger partial charge is 0.481 e. The van der Waals surface area contributed by atoms with E-state index in [9.17, 15) is 14.7 Å². The zero-order chi connectivity index (χ0) is 16.6. The van der Waals surface area contributed by atoms with Crippen molar-refractivity contribution in [1.82, 2.24) is 14.7 Å². The number of thiophene rings is 1. The predicted molar refractivity (Wildman–Crippen MR) is 88.9 cm³/mol. The minimum atomic E-state index is -0.731. The van der Waals surface area contributed by atoms with Crippen molar-refractivity contribution in [3.8, 4) is 0 Å². The van der Waals surface area contributed by atoms with Crippen LogP contribution >= 0.6 is 11.3 Å². The lowest BCUT2D eigenvalue weighted by Gasteiger charge is -2.41. The van der Waals surface area contributed by atoms with Gasteiger partial charge in [-0.1, -0.05) is 0 Å². The summed E-state index contributed by atoms with van der Waals surface area (Å²) in [4.78, 5) is 31.2. The van der Waals surface area contributed by atoms with Gasteiger partial charge in [0.15, 0.2) is 0 Å². The molecule has 2 aliphatic rings. The van der Waals surface area contributed by atoms with Crippen molar-refractivity contribution >= 4 is 23.2 Å². The van der Waals surface area contributed by atoms with Crippen molar-refractivity contribution in [3.05, 3.63) is 21.9 Å². The SMILES string of the molecule is Cc1ccsc1C(=O)N1CCN2C[C@H](C(=O)O)CN(C)C[C@@H]2C1. The van der Waals surface area contributed by atoms with Gasteiger partial charge >= 0.3 is 5.97 Å². The van der Waals surface area contributed by atoms with Crippen LogP contribution in [-0.2, 0) is 4.79 Å². The Labute approximate surface area is 140 Å². The van der Waals surface area contributed by atoms with Gasteiger partial charge in [-0.05, 0) is 31.0 Å². The van der Waals surface area contributed by atoms with Crippen LogP contribution in [0.5, 0.6) is 0 Å². The van der Waals surface area contributed by atoms with Crippen LogP contribution in [-0.4, -0.2) is 84.0 Å². The Hall–Kier alpha value is -1.44. The van der Waals surface area contributed by atoms with Gasteiger partial charge in [-0.3, -0.25) is 14.5 Å². The van der Waals surface area contributed by atoms with Gasteiger partial charge in [0.2, 0.25) is 0 Å². The molecule has 2 atom stereocenters. The minimum Gasteiger partial charge on any atom is -0.481 e. The highest BCUT2D eigenvalue weighted by Gasteiger charge is 2.36. The van der Waals surface area contributed by atoms with E-state index < -0.39 is 5.97 Å². The third-order valence-corrected chi connectivity index (χ3v) is 5.81. The molecular formula is C16H23N3O3S. The molecule has 6 nitrogen and oxygen atoms in total. The number of piperazine rings is 1. The molecule has 2 fully saturated rings. The van der Waals surface area contributed by atoms with Crippen LogP contribution in [0.3, 0.4) is 0 Å². The van der Waals surface area contributed by atoms with Gasteiger partial charge in [-0.25, -0.2) is 0 Å². The molecule has 0 bridgehead atoms. The summed E-state index contributed by atoms with van der Waals surface area (Å²) < 4.78 is 0. The number of aryl methyl sites for hydroxylation is 1. The second kappa shape index (κ2) is 6.59. The first kappa shape index (κ1) is 16.4. The molecule has 2 aliphatic heterocycles. The summed E-state index contributed by atoms with van der Waals surface area (Å²) in [7, 11) is 1.96. The number of amides is 1. The van der Waals surface area contributed by atoms with Crippen molar-refractivity contribution in [2.24, 2.45) is 5.92 Å². The van der Waals surface area contributed by atoms with Crippen molar-refractivity contribution in [2.75, 3.05) is 46.3 Å². The van der Waals surface area contributed by atoms with Gasteiger partial charge in [-0.2, -0.15) is 0 Å². The summed E-state index contributed by atoms with van der Waals surface area (Å²) in [6.45, 7) is 6.01. The first-order valence-corrected chi connectivity index (χ1v) is 8.82. The lowest BCUT2D eigenvalue weighted by atomic mass is 10.1. The average molecular weight is 337 g/mol. The number of aliphatic carboxylic acids is 1. The van der Waals surface area contributed by atoms with Gasteiger partial charge in [0.1, 0.15) is 0 Å². The smallest absolute Gasteiger partial charge is 0.309 e. The van der Waals surface area contributed by atoms with E-state index in [2.05, 4.69) is 9.80 Å². The molecule has 1 aromatic rings. The van der Waals surface area contributed by atoms with E-state index in [1.54, 1.807) is 0 Å². The Morgan fingerprint density at radius 1 is 1.22 bits per heavy atom. The summed E-state index contributed by atoms with van der Waals surface area (Å²) in [6, 6.07) is 2.19. The van der Waals surface area contributed by atoms with Crippen LogP contribution in [0.4, 0.5) is 0 Å². The molecule has 0 radical (unpaired) electrons. The molecule has 0 aliphatic carbocycles. The monoisotopic (exact) mass is 337 g/mol. The summed E-state index contributed by atoms with van der Waals surface area (Å²) in [5, 5.41) is 11.3. The summed E-state index contributed by atoms with van der Waals surface area (Å²) in [5.74, 6) is -0.976. The normalized spacial score (nSPS) is 26.6. The molecule has 0 aromatic carbocycles. The van der Waals surface area contributed by atoms with E-state index in [1.165, 1.54) is 11.3 Å². The number of likely N-dealkylation sites (N-methyl/N-ethyl adjacent to an activating group) is 1. The van der Waals surface area contributed by atoms with Crippen molar-refractivity contribution < 1.29 is 14.7 Å². The Morgan fingerprint density at radius 3 is 2.65 bits per heavy atom. The fraction of sp³-hybridized carbons (Fsp3) is 0.625. The highest BCUT2D eigenvalue weighted by Crippen LogP contribution is 2.22. The molecule has 1 amide bonds. The van der Waals surface area contributed by atoms with Crippen molar-refractivity contribution in [2.45, 2.75) is 13.0 Å². The number of hydrogen-bond donors (Lipinski definition) is 1. The number of carboxylic acids is 1. The topological polar surface area (TPSA) is 64.1 Å². The quantitative estimate of drug-likeness (QED) is 0.866. The average Bonchev–Trinajstić information content (AvgIpc) is 2.84. The van der Waals surface area contributed by atoms with Crippen LogP contribution < -0.4 is 0 Å². The van der Waals surface area contributed by atoms with Gasteiger partial charge in [-0.15, -0.1) is 11.3 Å². The maximum atomic E-state index is 12.7. The third kappa shape index (κ3) is 3.41. The summed E-state index contributed by atoms with van der Waals surface area (Å²) in [5.41, 5.74) is 1.03. The maximum Gasteiger partial charge on any atom is 0.309 e. The minimum absolute atomic E-state index is 0.110. The molecule has 23 heavy (non-hydrogen) atoms. The van der Waals surface area contributed by atoms with Gasteiger partial charge in [0.05, 0.1) is 10.8 Å².